The number of aryl methyl sites for hydroxylation is 1. The van der Waals surface area contributed by atoms with Crippen LogP contribution in [0.25, 0.3) is 0 Å². The summed E-state index contributed by atoms with van der Waals surface area (Å²) in [4.78, 5) is 22.6. The van der Waals surface area contributed by atoms with Crippen molar-refractivity contribution in [1.82, 2.24) is 14.9 Å². The van der Waals surface area contributed by atoms with Gasteiger partial charge in [-0.2, -0.15) is 0 Å². The quantitative estimate of drug-likeness (QED) is 0.817. The molecule has 2 fully saturated rings. The molecule has 3 atom stereocenters. The Labute approximate surface area is 113 Å². The smallest absolute Gasteiger partial charge is 0.274 e. The van der Waals surface area contributed by atoms with Gasteiger partial charge in [-0.1, -0.05) is 0 Å². The highest BCUT2D eigenvalue weighted by Crippen LogP contribution is 2.35. The van der Waals surface area contributed by atoms with E-state index in [0.29, 0.717) is 23.6 Å². The standard InChI is InChI=1S/C14H20N4O/c1-9-5-17-13(6-16-9)14(19)18-7-10-2-3-12(15)4-11(10)8-18/h5-6,10-12H,2-4,7-8,15H2,1H3/t10-,11+,12?/m1/s1. The molecule has 1 saturated carbocycles. The van der Waals surface area contributed by atoms with E-state index in [0.717, 1.165) is 38.0 Å². The summed E-state index contributed by atoms with van der Waals surface area (Å²) >= 11 is 0. The van der Waals surface area contributed by atoms with Crippen LogP contribution in [0.4, 0.5) is 0 Å². The molecule has 0 aromatic carbocycles. The Morgan fingerprint density at radius 2 is 2.05 bits per heavy atom. The van der Waals surface area contributed by atoms with Crippen molar-refractivity contribution < 1.29 is 4.79 Å². The number of likely N-dealkylation sites (tertiary alicyclic amines) is 1. The zero-order valence-corrected chi connectivity index (χ0v) is 11.2. The maximum Gasteiger partial charge on any atom is 0.274 e. The van der Waals surface area contributed by atoms with Crippen molar-refractivity contribution in [1.29, 1.82) is 0 Å². The van der Waals surface area contributed by atoms with Crippen LogP contribution in [0.3, 0.4) is 0 Å². The number of nitrogens with two attached hydrogens (primary N) is 1. The second kappa shape index (κ2) is 4.89. The number of rotatable bonds is 1. The third kappa shape index (κ3) is 2.47. The van der Waals surface area contributed by atoms with Gasteiger partial charge in [0.05, 0.1) is 11.9 Å². The van der Waals surface area contributed by atoms with E-state index in [1.165, 1.54) is 0 Å². The molecular weight excluding hydrogens is 240 g/mol. The largest absolute Gasteiger partial charge is 0.337 e. The molecule has 1 aliphatic heterocycles. The second-order valence-electron chi connectivity index (χ2n) is 5.85. The minimum atomic E-state index is 0.00970. The first kappa shape index (κ1) is 12.5. The summed E-state index contributed by atoms with van der Waals surface area (Å²) in [7, 11) is 0. The van der Waals surface area contributed by atoms with E-state index in [1.807, 2.05) is 11.8 Å². The molecule has 1 aromatic heterocycles. The van der Waals surface area contributed by atoms with Crippen LogP contribution in [-0.4, -0.2) is 39.9 Å². The average Bonchev–Trinajstić information content (AvgIpc) is 2.81. The summed E-state index contributed by atoms with van der Waals surface area (Å²) in [6.45, 7) is 3.55. The maximum absolute atomic E-state index is 12.4. The van der Waals surface area contributed by atoms with Gasteiger partial charge in [-0.25, -0.2) is 4.98 Å². The summed E-state index contributed by atoms with van der Waals surface area (Å²) in [5, 5.41) is 0. The second-order valence-corrected chi connectivity index (χ2v) is 5.85. The third-order valence-electron chi connectivity index (χ3n) is 4.38. The van der Waals surface area contributed by atoms with E-state index in [1.54, 1.807) is 12.4 Å². The van der Waals surface area contributed by atoms with Crippen LogP contribution >= 0.6 is 0 Å². The normalized spacial score (nSPS) is 30.2. The Morgan fingerprint density at radius 3 is 2.79 bits per heavy atom. The predicted molar refractivity (Wildman–Crippen MR) is 71.5 cm³/mol. The van der Waals surface area contributed by atoms with Gasteiger partial charge in [-0.3, -0.25) is 9.78 Å². The Kier molecular flexibility index (Phi) is 3.22. The molecule has 102 valence electrons. The number of amides is 1. The van der Waals surface area contributed by atoms with E-state index in [4.69, 9.17) is 5.73 Å². The van der Waals surface area contributed by atoms with Gasteiger partial charge in [0.1, 0.15) is 5.69 Å². The summed E-state index contributed by atoms with van der Waals surface area (Å²) < 4.78 is 0. The first-order chi connectivity index (χ1) is 9.13. The molecule has 0 radical (unpaired) electrons. The molecule has 1 saturated heterocycles. The fraction of sp³-hybridized carbons (Fsp3) is 0.643. The predicted octanol–water partition coefficient (Wildman–Crippen LogP) is 0.984. The molecule has 2 N–H and O–H groups in total. The first-order valence-electron chi connectivity index (χ1n) is 6.97. The van der Waals surface area contributed by atoms with Crippen molar-refractivity contribution in [2.24, 2.45) is 17.6 Å². The zero-order chi connectivity index (χ0) is 13.4. The SMILES string of the molecule is Cc1cnc(C(=O)N2C[C@H]3CCC(N)C[C@H]3C2)cn1. The van der Waals surface area contributed by atoms with Crippen LogP contribution in [-0.2, 0) is 0 Å². The maximum atomic E-state index is 12.4. The van der Waals surface area contributed by atoms with Crippen molar-refractivity contribution in [3.63, 3.8) is 0 Å². The van der Waals surface area contributed by atoms with Crippen LogP contribution in [0.5, 0.6) is 0 Å². The van der Waals surface area contributed by atoms with E-state index in [-0.39, 0.29) is 5.91 Å². The number of aromatic nitrogens is 2. The van der Waals surface area contributed by atoms with Crippen molar-refractivity contribution >= 4 is 5.91 Å². The lowest BCUT2D eigenvalue weighted by Gasteiger charge is -2.27. The van der Waals surface area contributed by atoms with Crippen molar-refractivity contribution in [3.8, 4) is 0 Å². The fourth-order valence-corrected chi connectivity index (χ4v) is 3.30. The van der Waals surface area contributed by atoms with Gasteiger partial charge < -0.3 is 10.6 Å². The number of nitrogens with zero attached hydrogens (tertiary/aromatic N) is 3. The first-order valence-corrected chi connectivity index (χ1v) is 6.97. The molecule has 0 spiro atoms. The topological polar surface area (TPSA) is 72.1 Å². The van der Waals surface area contributed by atoms with E-state index in [9.17, 15) is 4.79 Å². The molecule has 2 heterocycles. The molecule has 1 unspecified atom stereocenters. The Hall–Kier alpha value is -1.49. The molecule has 1 aromatic rings. The Morgan fingerprint density at radius 1 is 1.26 bits per heavy atom. The average molecular weight is 260 g/mol. The number of carbonyl (C=O) groups excluding carboxylic acids is 1. The highest BCUT2D eigenvalue weighted by atomic mass is 16.2. The Balaban J connectivity index is 1.70. The van der Waals surface area contributed by atoms with Gasteiger partial charge in [-0.05, 0) is 38.0 Å². The number of carbonyl (C=O) groups is 1. The molecule has 2 aliphatic rings. The van der Waals surface area contributed by atoms with Crippen LogP contribution in [0, 0.1) is 18.8 Å². The lowest BCUT2D eigenvalue weighted by Crippen LogP contribution is -2.32. The molecule has 3 rings (SSSR count). The fourth-order valence-electron chi connectivity index (χ4n) is 3.30. The van der Waals surface area contributed by atoms with Crippen LogP contribution in [0.1, 0.15) is 35.4 Å². The molecular formula is C14H20N4O. The van der Waals surface area contributed by atoms with E-state index < -0.39 is 0 Å². The summed E-state index contributed by atoms with van der Waals surface area (Å²) in [5.74, 6) is 1.21. The molecule has 5 heteroatoms. The minimum absolute atomic E-state index is 0.00970. The summed E-state index contributed by atoms with van der Waals surface area (Å²) in [6.07, 6.45) is 6.51. The van der Waals surface area contributed by atoms with Crippen molar-refractivity contribution in [2.45, 2.75) is 32.2 Å². The van der Waals surface area contributed by atoms with Gasteiger partial charge in [0.2, 0.25) is 0 Å². The minimum Gasteiger partial charge on any atom is -0.337 e. The number of fused-ring (bicyclic) bond motifs is 1. The molecule has 1 aliphatic carbocycles. The van der Waals surface area contributed by atoms with Crippen LogP contribution < -0.4 is 5.73 Å². The number of hydrogen-bond acceptors (Lipinski definition) is 4. The lowest BCUT2D eigenvalue weighted by atomic mass is 9.79. The van der Waals surface area contributed by atoms with Crippen LogP contribution in [0.15, 0.2) is 12.4 Å². The van der Waals surface area contributed by atoms with Crippen LogP contribution in [0.2, 0.25) is 0 Å². The molecule has 0 bridgehead atoms. The van der Waals surface area contributed by atoms with Crippen molar-refractivity contribution in [2.75, 3.05) is 13.1 Å². The van der Waals surface area contributed by atoms with E-state index in [2.05, 4.69) is 9.97 Å². The van der Waals surface area contributed by atoms with E-state index >= 15 is 0 Å². The lowest BCUT2D eigenvalue weighted by molar-refractivity contribution is 0.0777. The third-order valence-corrected chi connectivity index (χ3v) is 4.38. The van der Waals surface area contributed by atoms with Gasteiger partial charge in [0, 0.05) is 25.3 Å². The highest BCUT2D eigenvalue weighted by molar-refractivity contribution is 5.92. The van der Waals surface area contributed by atoms with Gasteiger partial charge in [-0.15, -0.1) is 0 Å². The highest BCUT2D eigenvalue weighted by Gasteiger charge is 2.38. The van der Waals surface area contributed by atoms with Gasteiger partial charge in [0.15, 0.2) is 0 Å². The molecule has 5 nitrogen and oxygen atoms in total. The number of hydrogen-bond donors (Lipinski definition) is 1. The van der Waals surface area contributed by atoms with Crippen molar-refractivity contribution in [3.05, 3.63) is 23.8 Å². The summed E-state index contributed by atoms with van der Waals surface area (Å²) in [6, 6.07) is 0.315. The van der Waals surface area contributed by atoms with Gasteiger partial charge >= 0.3 is 0 Å². The molecule has 19 heavy (non-hydrogen) atoms. The monoisotopic (exact) mass is 260 g/mol. The molecule has 1 amide bonds. The Bertz CT molecular complexity index is 473. The summed E-state index contributed by atoms with van der Waals surface area (Å²) in [5.41, 5.74) is 7.30. The zero-order valence-electron chi connectivity index (χ0n) is 11.2. The van der Waals surface area contributed by atoms with Gasteiger partial charge in [0.25, 0.3) is 5.91 Å².